The van der Waals surface area contributed by atoms with Gasteiger partial charge in [-0.1, -0.05) is 13.8 Å². The van der Waals surface area contributed by atoms with Crippen molar-refractivity contribution in [2.24, 2.45) is 0 Å². The molecule has 1 rings (SSSR count). The molecule has 84 valence electrons. The summed E-state index contributed by atoms with van der Waals surface area (Å²) >= 11 is 0. The molecule has 15 heavy (non-hydrogen) atoms. The van der Waals surface area contributed by atoms with Crippen LogP contribution in [0.2, 0.25) is 0 Å². The van der Waals surface area contributed by atoms with E-state index in [1.54, 1.807) is 4.68 Å². The maximum Gasteiger partial charge on any atom is 0.179 e. The van der Waals surface area contributed by atoms with E-state index in [1.807, 2.05) is 13.8 Å². The lowest BCUT2D eigenvalue weighted by Crippen LogP contribution is -2.17. The molecule has 0 amide bonds. The summed E-state index contributed by atoms with van der Waals surface area (Å²) < 4.78 is 6.44. The summed E-state index contributed by atoms with van der Waals surface area (Å²) in [5.74, 6) is 1.66. The zero-order chi connectivity index (χ0) is 11.3. The zero-order valence-electron chi connectivity index (χ0n) is 9.49. The largest absolute Gasteiger partial charge is 0.377 e. The van der Waals surface area contributed by atoms with E-state index in [0.29, 0.717) is 0 Å². The lowest BCUT2D eigenvalue weighted by Gasteiger charge is -2.02. The van der Waals surface area contributed by atoms with Crippen LogP contribution in [-0.4, -0.2) is 34.3 Å². The van der Waals surface area contributed by atoms with Gasteiger partial charge < -0.3 is 4.74 Å². The lowest BCUT2D eigenvalue weighted by atomic mass is 10.4. The minimum atomic E-state index is 0.0137. The van der Waals surface area contributed by atoms with Crippen molar-refractivity contribution in [1.29, 1.82) is 0 Å². The molecule has 0 spiro atoms. The van der Waals surface area contributed by atoms with Gasteiger partial charge >= 0.3 is 0 Å². The Morgan fingerprint density at radius 2 is 2.13 bits per heavy atom. The molecule has 0 aliphatic carbocycles. The Balaban J connectivity index is 2.74. The standard InChI is InChI=1S/C10H17N3O2/c1-4-9-11-10(5-2)13(12-9)6-8(14)7-15-3/h4-7H2,1-3H3. The number of rotatable bonds is 6. The fourth-order valence-corrected chi connectivity index (χ4v) is 1.34. The predicted molar refractivity (Wildman–Crippen MR) is 55.7 cm³/mol. The maximum absolute atomic E-state index is 11.4. The normalized spacial score (nSPS) is 10.6. The number of carbonyl (C=O) groups excluding carboxylic acids is 1. The fourth-order valence-electron chi connectivity index (χ4n) is 1.34. The van der Waals surface area contributed by atoms with Crippen LogP contribution in [0.3, 0.4) is 0 Å². The van der Waals surface area contributed by atoms with E-state index in [2.05, 4.69) is 10.1 Å². The van der Waals surface area contributed by atoms with Gasteiger partial charge in [-0.15, -0.1) is 0 Å². The van der Waals surface area contributed by atoms with Gasteiger partial charge in [0.2, 0.25) is 0 Å². The highest BCUT2D eigenvalue weighted by Crippen LogP contribution is 2.01. The molecule has 0 aliphatic rings. The number of aromatic nitrogens is 3. The molecular formula is C10H17N3O2. The van der Waals surface area contributed by atoms with Crippen molar-refractivity contribution in [2.45, 2.75) is 33.2 Å². The first-order valence-electron chi connectivity index (χ1n) is 5.14. The third kappa shape index (κ3) is 3.13. The second-order valence-electron chi connectivity index (χ2n) is 3.28. The summed E-state index contributed by atoms with van der Waals surface area (Å²) in [7, 11) is 1.51. The number of Topliss-reactive ketones (excluding diaryl/α,β-unsaturated/α-hetero) is 1. The summed E-state index contributed by atoms with van der Waals surface area (Å²) in [6.07, 6.45) is 1.58. The molecule has 0 saturated heterocycles. The second-order valence-corrected chi connectivity index (χ2v) is 3.28. The SMILES string of the molecule is CCc1nc(CC)n(CC(=O)COC)n1. The van der Waals surface area contributed by atoms with E-state index >= 15 is 0 Å². The average molecular weight is 211 g/mol. The van der Waals surface area contributed by atoms with Gasteiger partial charge in [-0.05, 0) is 0 Å². The van der Waals surface area contributed by atoms with Gasteiger partial charge in [-0.3, -0.25) is 4.79 Å². The molecule has 0 bridgehead atoms. The van der Waals surface area contributed by atoms with Crippen LogP contribution in [0.15, 0.2) is 0 Å². The Kier molecular flexibility index (Phi) is 4.42. The van der Waals surface area contributed by atoms with Gasteiger partial charge in [0.25, 0.3) is 0 Å². The molecule has 1 heterocycles. The van der Waals surface area contributed by atoms with Gasteiger partial charge in [0.1, 0.15) is 19.0 Å². The molecule has 0 unspecified atom stereocenters. The Hall–Kier alpha value is -1.23. The van der Waals surface area contributed by atoms with Crippen LogP contribution >= 0.6 is 0 Å². The average Bonchev–Trinajstić information content (AvgIpc) is 2.60. The van der Waals surface area contributed by atoms with Gasteiger partial charge in [0, 0.05) is 20.0 Å². The summed E-state index contributed by atoms with van der Waals surface area (Å²) in [5.41, 5.74) is 0. The minimum absolute atomic E-state index is 0.0137. The Labute approximate surface area is 89.5 Å². The van der Waals surface area contributed by atoms with E-state index in [4.69, 9.17) is 4.74 Å². The highest BCUT2D eigenvalue weighted by Gasteiger charge is 2.10. The summed E-state index contributed by atoms with van der Waals surface area (Å²) in [5, 5.41) is 4.25. The van der Waals surface area contributed by atoms with Crippen molar-refractivity contribution in [3.63, 3.8) is 0 Å². The summed E-state index contributed by atoms with van der Waals surface area (Å²) in [4.78, 5) is 15.7. The van der Waals surface area contributed by atoms with Crippen LogP contribution in [0.1, 0.15) is 25.5 Å². The van der Waals surface area contributed by atoms with Crippen molar-refractivity contribution in [2.75, 3.05) is 13.7 Å². The van der Waals surface area contributed by atoms with Crippen molar-refractivity contribution >= 4 is 5.78 Å². The number of aryl methyl sites for hydroxylation is 2. The quantitative estimate of drug-likeness (QED) is 0.692. The molecule has 0 aliphatic heterocycles. The Bertz CT molecular complexity index is 333. The first kappa shape index (κ1) is 11.8. The predicted octanol–water partition coefficient (Wildman–Crippen LogP) is 0.618. The van der Waals surface area contributed by atoms with Crippen LogP contribution in [0.5, 0.6) is 0 Å². The first-order chi connectivity index (χ1) is 7.21. The minimum Gasteiger partial charge on any atom is -0.377 e. The molecule has 5 heteroatoms. The third-order valence-corrected chi connectivity index (χ3v) is 2.06. The molecule has 1 aromatic heterocycles. The Morgan fingerprint density at radius 3 is 2.67 bits per heavy atom. The van der Waals surface area contributed by atoms with E-state index in [0.717, 1.165) is 24.5 Å². The highest BCUT2D eigenvalue weighted by molar-refractivity contribution is 5.79. The monoisotopic (exact) mass is 211 g/mol. The van der Waals surface area contributed by atoms with E-state index < -0.39 is 0 Å². The van der Waals surface area contributed by atoms with E-state index in [-0.39, 0.29) is 18.9 Å². The molecule has 5 nitrogen and oxygen atoms in total. The Morgan fingerprint density at radius 1 is 1.40 bits per heavy atom. The van der Waals surface area contributed by atoms with Crippen molar-refractivity contribution in [3.05, 3.63) is 11.6 Å². The van der Waals surface area contributed by atoms with Crippen LogP contribution < -0.4 is 0 Å². The molecule has 1 aromatic rings. The number of ketones is 1. The number of hydrogen-bond acceptors (Lipinski definition) is 4. The molecule has 0 aromatic carbocycles. The second kappa shape index (κ2) is 5.60. The van der Waals surface area contributed by atoms with Crippen molar-refractivity contribution < 1.29 is 9.53 Å². The van der Waals surface area contributed by atoms with Gasteiger partial charge in [0.05, 0.1) is 0 Å². The van der Waals surface area contributed by atoms with E-state index in [1.165, 1.54) is 7.11 Å². The first-order valence-corrected chi connectivity index (χ1v) is 5.14. The maximum atomic E-state index is 11.4. The number of carbonyl (C=O) groups is 1. The van der Waals surface area contributed by atoms with Gasteiger partial charge in [-0.2, -0.15) is 5.10 Å². The number of hydrogen-bond donors (Lipinski definition) is 0. The summed E-state index contributed by atoms with van der Waals surface area (Å²) in [6.45, 7) is 4.38. The molecule has 0 saturated carbocycles. The smallest absolute Gasteiger partial charge is 0.179 e. The fraction of sp³-hybridized carbons (Fsp3) is 0.700. The molecule has 0 atom stereocenters. The van der Waals surface area contributed by atoms with Crippen molar-refractivity contribution in [1.82, 2.24) is 14.8 Å². The molecule has 0 fully saturated rings. The number of methoxy groups -OCH3 is 1. The zero-order valence-corrected chi connectivity index (χ0v) is 9.49. The molecular weight excluding hydrogens is 194 g/mol. The topological polar surface area (TPSA) is 57.0 Å². The van der Waals surface area contributed by atoms with Gasteiger partial charge in [-0.25, -0.2) is 9.67 Å². The van der Waals surface area contributed by atoms with E-state index in [9.17, 15) is 4.79 Å². The van der Waals surface area contributed by atoms with Gasteiger partial charge in [0.15, 0.2) is 11.6 Å². The highest BCUT2D eigenvalue weighted by atomic mass is 16.5. The number of ether oxygens (including phenoxy) is 1. The number of nitrogens with zero attached hydrogens (tertiary/aromatic N) is 3. The van der Waals surface area contributed by atoms with Crippen molar-refractivity contribution in [3.8, 4) is 0 Å². The third-order valence-electron chi connectivity index (χ3n) is 2.06. The van der Waals surface area contributed by atoms with Crippen LogP contribution in [0.4, 0.5) is 0 Å². The molecule has 0 radical (unpaired) electrons. The summed E-state index contributed by atoms with van der Waals surface area (Å²) in [6, 6.07) is 0. The van der Waals surface area contributed by atoms with Crippen LogP contribution in [-0.2, 0) is 28.9 Å². The van der Waals surface area contributed by atoms with Crippen LogP contribution in [0, 0.1) is 0 Å². The lowest BCUT2D eigenvalue weighted by molar-refractivity contribution is -0.123. The molecule has 0 N–H and O–H groups in total. The van der Waals surface area contributed by atoms with Crippen LogP contribution in [0.25, 0.3) is 0 Å².